The Morgan fingerprint density at radius 2 is 2.15 bits per heavy atom. The number of hydrogen-bond donors (Lipinski definition) is 2. The molecule has 0 aliphatic heterocycles. The summed E-state index contributed by atoms with van der Waals surface area (Å²) >= 11 is 1.21. The number of rotatable bonds is 1. The van der Waals surface area contributed by atoms with Crippen LogP contribution in [0.4, 0.5) is 0 Å². The van der Waals surface area contributed by atoms with Gasteiger partial charge in [0, 0.05) is 5.39 Å². The Morgan fingerprint density at radius 3 is 2.85 bits per heavy atom. The predicted octanol–water partition coefficient (Wildman–Crippen LogP) is 1.58. The van der Waals surface area contributed by atoms with Crippen molar-refractivity contribution in [1.82, 2.24) is 4.37 Å². The fourth-order valence-corrected chi connectivity index (χ4v) is 2.89. The van der Waals surface area contributed by atoms with Gasteiger partial charge in [-0.05, 0) is 17.6 Å². The molecule has 4 nitrogen and oxygen atoms in total. The summed E-state index contributed by atoms with van der Waals surface area (Å²) in [5, 5.41) is 6.11. The van der Waals surface area contributed by atoms with Gasteiger partial charge in [0.2, 0.25) is 0 Å². The lowest BCUT2D eigenvalue weighted by atomic mass is 10.3. The molecule has 0 fully saturated rings. The molecule has 0 radical (unpaired) electrons. The van der Waals surface area contributed by atoms with Crippen LogP contribution in [0, 0.1) is 4.78 Å². The molecule has 1 heterocycles. The lowest BCUT2D eigenvalue weighted by molar-refractivity contribution is 0.675. The predicted molar refractivity (Wildman–Crippen MR) is 52.9 cm³/mol. The summed E-state index contributed by atoms with van der Waals surface area (Å²) in [4.78, 5) is 0. The van der Waals surface area contributed by atoms with Gasteiger partial charge in [0.25, 0.3) is 0 Å². The Kier molecular flexibility index (Phi) is 1.83. The SMILES string of the molecule is N=S(N)(=O)c1nsc2ccccc12. The van der Waals surface area contributed by atoms with Gasteiger partial charge in [-0.3, -0.25) is 0 Å². The molecular weight excluding hydrogens is 206 g/mol. The second-order valence-electron chi connectivity index (χ2n) is 2.58. The Balaban J connectivity index is 2.87. The van der Waals surface area contributed by atoms with Crippen LogP contribution in [0.25, 0.3) is 10.1 Å². The number of fused-ring (bicyclic) bond motifs is 1. The normalized spacial score (nSPS) is 15.8. The molecule has 0 spiro atoms. The van der Waals surface area contributed by atoms with Crippen molar-refractivity contribution in [3.63, 3.8) is 0 Å². The minimum absolute atomic E-state index is 0.188. The first-order valence-electron chi connectivity index (χ1n) is 3.50. The van der Waals surface area contributed by atoms with Crippen LogP contribution < -0.4 is 5.14 Å². The van der Waals surface area contributed by atoms with E-state index in [0.29, 0.717) is 0 Å². The Bertz CT molecular complexity index is 544. The van der Waals surface area contributed by atoms with E-state index < -0.39 is 9.92 Å². The van der Waals surface area contributed by atoms with Crippen LogP contribution in [-0.4, -0.2) is 8.58 Å². The van der Waals surface area contributed by atoms with E-state index in [0.717, 1.165) is 10.1 Å². The molecule has 0 saturated heterocycles. The van der Waals surface area contributed by atoms with Gasteiger partial charge in [0.1, 0.15) is 0 Å². The number of nitrogens with zero attached hydrogens (tertiary/aromatic N) is 1. The van der Waals surface area contributed by atoms with Gasteiger partial charge in [-0.1, -0.05) is 18.2 Å². The molecule has 0 amide bonds. The fourth-order valence-electron chi connectivity index (χ4n) is 1.08. The van der Waals surface area contributed by atoms with E-state index in [1.807, 2.05) is 18.2 Å². The van der Waals surface area contributed by atoms with Crippen molar-refractivity contribution in [3.05, 3.63) is 24.3 Å². The molecule has 0 aliphatic rings. The monoisotopic (exact) mass is 213 g/mol. The van der Waals surface area contributed by atoms with Gasteiger partial charge < -0.3 is 0 Å². The van der Waals surface area contributed by atoms with Gasteiger partial charge in [-0.15, -0.1) is 0 Å². The summed E-state index contributed by atoms with van der Waals surface area (Å²) in [6.45, 7) is 0. The van der Waals surface area contributed by atoms with Crippen LogP contribution in [0.1, 0.15) is 0 Å². The molecule has 2 rings (SSSR count). The summed E-state index contributed by atoms with van der Waals surface area (Å²) in [6, 6.07) is 7.31. The number of nitrogens with one attached hydrogen (secondary N) is 1. The zero-order chi connectivity index (χ0) is 9.47. The molecule has 0 bridgehead atoms. The quantitative estimate of drug-likeness (QED) is 0.754. The number of aromatic nitrogens is 1. The second-order valence-corrected chi connectivity index (χ2v) is 4.98. The molecule has 13 heavy (non-hydrogen) atoms. The molecule has 0 aliphatic carbocycles. The van der Waals surface area contributed by atoms with Gasteiger partial charge >= 0.3 is 0 Å². The van der Waals surface area contributed by atoms with Crippen LogP contribution in [-0.2, 0) is 9.92 Å². The van der Waals surface area contributed by atoms with Crippen molar-refractivity contribution in [2.24, 2.45) is 5.14 Å². The van der Waals surface area contributed by atoms with E-state index in [2.05, 4.69) is 4.37 Å². The number of hydrogen-bond acceptors (Lipinski definition) is 4. The third kappa shape index (κ3) is 1.43. The average molecular weight is 213 g/mol. The van der Waals surface area contributed by atoms with E-state index in [1.54, 1.807) is 6.07 Å². The maximum absolute atomic E-state index is 11.3. The Labute approximate surface area is 79.7 Å². The maximum Gasteiger partial charge on any atom is 0.171 e. The van der Waals surface area contributed by atoms with Crippen molar-refractivity contribution in [1.29, 1.82) is 4.78 Å². The van der Waals surface area contributed by atoms with Crippen molar-refractivity contribution in [2.45, 2.75) is 5.03 Å². The highest BCUT2D eigenvalue weighted by Gasteiger charge is 2.12. The summed E-state index contributed by atoms with van der Waals surface area (Å²) < 4.78 is 23.3. The van der Waals surface area contributed by atoms with Crippen molar-refractivity contribution < 1.29 is 4.21 Å². The summed E-state index contributed by atoms with van der Waals surface area (Å²) in [5.41, 5.74) is 0. The minimum atomic E-state index is -3.19. The standard InChI is InChI=1S/C7H7N3OS2/c8-13(9,11)7-5-3-1-2-4-6(5)12-10-7/h1-4H,(H3,8,9,11). The van der Waals surface area contributed by atoms with Crippen LogP contribution in [0.15, 0.2) is 29.3 Å². The van der Waals surface area contributed by atoms with Gasteiger partial charge in [-0.2, -0.15) is 4.37 Å². The molecule has 1 aromatic heterocycles. The first-order valence-corrected chi connectivity index (χ1v) is 5.89. The largest absolute Gasteiger partial charge is 0.240 e. The van der Waals surface area contributed by atoms with E-state index in [-0.39, 0.29) is 5.03 Å². The number of benzene rings is 1. The van der Waals surface area contributed by atoms with E-state index in [1.165, 1.54) is 11.5 Å². The Hall–Kier alpha value is -0.980. The zero-order valence-corrected chi connectivity index (χ0v) is 8.19. The molecule has 68 valence electrons. The molecule has 1 unspecified atom stereocenters. The van der Waals surface area contributed by atoms with Crippen LogP contribution in [0.5, 0.6) is 0 Å². The fraction of sp³-hybridized carbons (Fsp3) is 0. The summed E-state index contributed by atoms with van der Waals surface area (Å²) in [7, 11) is -3.19. The van der Waals surface area contributed by atoms with E-state index >= 15 is 0 Å². The molecule has 1 atom stereocenters. The first-order chi connectivity index (χ1) is 6.09. The molecule has 0 saturated carbocycles. The third-order valence-electron chi connectivity index (χ3n) is 1.63. The molecule has 1 aromatic carbocycles. The highest BCUT2D eigenvalue weighted by Crippen LogP contribution is 2.24. The van der Waals surface area contributed by atoms with Gasteiger partial charge in [-0.25, -0.2) is 14.1 Å². The Morgan fingerprint density at radius 1 is 1.46 bits per heavy atom. The van der Waals surface area contributed by atoms with Gasteiger partial charge in [0.15, 0.2) is 14.9 Å². The minimum Gasteiger partial charge on any atom is -0.240 e. The smallest absolute Gasteiger partial charge is 0.171 e. The highest BCUT2D eigenvalue weighted by atomic mass is 32.2. The summed E-state index contributed by atoms with van der Waals surface area (Å²) in [5.74, 6) is 0. The molecule has 3 N–H and O–H groups in total. The van der Waals surface area contributed by atoms with E-state index in [9.17, 15) is 4.21 Å². The van der Waals surface area contributed by atoms with Crippen molar-refractivity contribution >= 4 is 31.5 Å². The lowest BCUT2D eigenvalue weighted by Gasteiger charge is -1.94. The third-order valence-corrected chi connectivity index (χ3v) is 3.46. The van der Waals surface area contributed by atoms with Crippen molar-refractivity contribution in [3.8, 4) is 0 Å². The average Bonchev–Trinajstić information content (AvgIpc) is 2.45. The second kappa shape index (κ2) is 2.76. The summed E-state index contributed by atoms with van der Waals surface area (Å²) in [6.07, 6.45) is 0. The topological polar surface area (TPSA) is 79.8 Å². The van der Waals surface area contributed by atoms with Crippen LogP contribution >= 0.6 is 11.5 Å². The first kappa shape index (κ1) is 8.61. The maximum atomic E-state index is 11.3. The number of nitrogens with two attached hydrogens (primary N) is 1. The van der Waals surface area contributed by atoms with Crippen molar-refractivity contribution in [2.75, 3.05) is 0 Å². The highest BCUT2D eigenvalue weighted by molar-refractivity contribution is 7.90. The zero-order valence-electron chi connectivity index (χ0n) is 6.56. The van der Waals surface area contributed by atoms with Crippen LogP contribution in [0.3, 0.4) is 0 Å². The van der Waals surface area contributed by atoms with Crippen LogP contribution in [0.2, 0.25) is 0 Å². The molecule has 2 aromatic rings. The molecular formula is C7H7N3OS2. The van der Waals surface area contributed by atoms with E-state index in [4.69, 9.17) is 9.92 Å². The lowest BCUT2D eigenvalue weighted by Crippen LogP contribution is -2.10. The van der Waals surface area contributed by atoms with Gasteiger partial charge in [0.05, 0.1) is 4.70 Å². The molecule has 6 heteroatoms.